The first-order valence-corrected chi connectivity index (χ1v) is 6.32. The van der Waals surface area contributed by atoms with E-state index in [1.165, 1.54) is 12.8 Å². The maximum atomic E-state index is 11.2. The van der Waals surface area contributed by atoms with Gasteiger partial charge in [0.2, 0.25) is 0 Å². The summed E-state index contributed by atoms with van der Waals surface area (Å²) in [6.45, 7) is 9.56. The average molecular weight is 227 g/mol. The molecule has 0 heterocycles. The highest BCUT2D eigenvalue weighted by atomic mass is 16.5. The predicted octanol–water partition coefficient (Wildman–Crippen LogP) is 2.35. The lowest BCUT2D eigenvalue weighted by atomic mass is 9.70. The summed E-state index contributed by atoms with van der Waals surface area (Å²) in [7, 11) is 0. The Kier molecular flexibility index (Phi) is 4.78. The number of carbonyl (C=O) groups excluding carboxylic acids is 1. The van der Waals surface area contributed by atoms with Crippen LogP contribution < -0.4 is 5.32 Å². The number of rotatable bonds is 4. The van der Waals surface area contributed by atoms with Gasteiger partial charge in [0.15, 0.2) is 0 Å². The van der Waals surface area contributed by atoms with Crippen molar-refractivity contribution in [3.63, 3.8) is 0 Å². The van der Waals surface area contributed by atoms with Crippen molar-refractivity contribution in [2.24, 2.45) is 11.3 Å². The van der Waals surface area contributed by atoms with Gasteiger partial charge in [-0.05, 0) is 37.5 Å². The molecule has 0 aromatic carbocycles. The van der Waals surface area contributed by atoms with Gasteiger partial charge in [0.25, 0.3) is 0 Å². The lowest BCUT2D eigenvalue weighted by molar-refractivity contribution is -0.142. The van der Waals surface area contributed by atoms with Crippen molar-refractivity contribution in [2.45, 2.75) is 53.0 Å². The van der Waals surface area contributed by atoms with Crippen LogP contribution in [0.15, 0.2) is 0 Å². The summed E-state index contributed by atoms with van der Waals surface area (Å²) in [5.74, 6) is 0.599. The van der Waals surface area contributed by atoms with Gasteiger partial charge >= 0.3 is 5.97 Å². The Balaban J connectivity index is 2.34. The monoisotopic (exact) mass is 227 g/mol. The van der Waals surface area contributed by atoms with Crippen LogP contribution in [0, 0.1) is 11.3 Å². The van der Waals surface area contributed by atoms with Gasteiger partial charge in [-0.25, -0.2) is 0 Å². The van der Waals surface area contributed by atoms with Crippen LogP contribution >= 0.6 is 0 Å². The molecule has 16 heavy (non-hydrogen) atoms. The van der Waals surface area contributed by atoms with E-state index in [-0.39, 0.29) is 5.97 Å². The molecule has 3 heteroatoms. The molecule has 0 saturated heterocycles. The van der Waals surface area contributed by atoms with E-state index in [1.54, 1.807) is 0 Å². The predicted molar refractivity (Wildman–Crippen MR) is 65.2 cm³/mol. The molecule has 0 aromatic heterocycles. The zero-order chi connectivity index (χ0) is 12.2. The van der Waals surface area contributed by atoms with E-state index in [1.807, 2.05) is 6.92 Å². The fraction of sp³-hybridized carbons (Fsp3) is 0.923. The van der Waals surface area contributed by atoms with Crippen molar-refractivity contribution in [3.05, 3.63) is 0 Å². The van der Waals surface area contributed by atoms with Crippen LogP contribution in [0.4, 0.5) is 0 Å². The molecule has 0 radical (unpaired) electrons. The summed E-state index contributed by atoms with van der Waals surface area (Å²) in [6.07, 6.45) is 3.60. The highest BCUT2D eigenvalue weighted by Crippen LogP contribution is 2.38. The first kappa shape index (κ1) is 13.5. The molecule has 0 aliphatic heterocycles. The molecule has 1 saturated carbocycles. The van der Waals surface area contributed by atoms with E-state index in [0.29, 0.717) is 24.6 Å². The van der Waals surface area contributed by atoms with Crippen molar-refractivity contribution in [1.82, 2.24) is 5.32 Å². The highest BCUT2D eigenvalue weighted by molar-refractivity contribution is 5.71. The quantitative estimate of drug-likeness (QED) is 0.749. The second-order valence-electron chi connectivity index (χ2n) is 5.80. The summed E-state index contributed by atoms with van der Waals surface area (Å²) in [4.78, 5) is 11.2. The van der Waals surface area contributed by atoms with Gasteiger partial charge < -0.3 is 10.1 Å². The van der Waals surface area contributed by atoms with Gasteiger partial charge in [0.1, 0.15) is 0 Å². The smallest absolute Gasteiger partial charge is 0.319 e. The molecular formula is C13H25NO2. The minimum atomic E-state index is -0.140. The normalized spacial score (nSPS) is 28.8. The molecule has 2 atom stereocenters. The van der Waals surface area contributed by atoms with E-state index in [9.17, 15) is 4.79 Å². The van der Waals surface area contributed by atoms with Crippen LogP contribution in [-0.2, 0) is 9.53 Å². The Morgan fingerprint density at radius 1 is 1.44 bits per heavy atom. The summed E-state index contributed by atoms with van der Waals surface area (Å²) >= 11 is 0. The number of carbonyl (C=O) groups is 1. The Hall–Kier alpha value is -0.570. The van der Waals surface area contributed by atoms with E-state index in [2.05, 4.69) is 26.1 Å². The van der Waals surface area contributed by atoms with Gasteiger partial charge in [-0.2, -0.15) is 0 Å². The van der Waals surface area contributed by atoms with Gasteiger partial charge in [0.05, 0.1) is 13.2 Å². The lowest BCUT2D eigenvalue weighted by Crippen LogP contribution is -2.42. The molecule has 1 fully saturated rings. The van der Waals surface area contributed by atoms with Crippen LogP contribution in [-0.4, -0.2) is 25.2 Å². The van der Waals surface area contributed by atoms with Crippen LogP contribution in [0.25, 0.3) is 0 Å². The Morgan fingerprint density at radius 2 is 2.12 bits per heavy atom. The summed E-state index contributed by atoms with van der Waals surface area (Å²) in [5.41, 5.74) is 0.393. The van der Waals surface area contributed by atoms with E-state index in [4.69, 9.17) is 4.74 Å². The number of esters is 1. The standard InChI is InChI=1S/C13H25NO2/c1-5-16-12(15)9-14-11-6-10(2)7-13(3,4)8-11/h10-11,14H,5-9H2,1-4H3. The number of hydrogen-bond acceptors (Lipinski definition) is 3. The molecule has 2 unspecified atom stereocenters. The molecule has 3 nitrogen and oxygen atoms in total. The fourth-order valence-electron chi connectivity index (χ4n) is 2.94. The summed E-state index contributed by atoms with van der Waals surface area (Å²) in [5, 5.41) is 3.32. The third-order valence-electron chi connectivity index (χ3n) is 3.23. The molecular weight excluding hydrogens is 202 g/mol. The number of hydrogen-bond donors (Lipinski definition) is 1. The average Bonchev–Trinajstić information content (AvgIpc) is 2.12. The molecule has 0 spiro atoms. The minimum absolute atomic E-state index is 0.140. The summed E-state index contributed by atoms with van der Waals surface area (Å²) < 4.78 is 4.91. The van der Waals surface area contributed by atoms with Crippen molar-refractivity contribution >= 4 is 5.97 Å². The van der Waals surface area contributed by atoms with Crippen molar-refractivity contribution < 1.29 is 9.53 Å². The molecule has 0 aromatic rings. The van der Waals surface area contributed by atoms with E-state index in [0.717, 1.165) is 12.3 Å². The summed E-state index contributed by atoms with van der Waals surface area (Å²) in [6, 6.07) is 0.461. The van der Waals surface area contributed by atoms with Crippen LogP contribution in [0.2, 0.25) is 0 Å². The van der Waals surface area contributed by atoms with Crippen molar-refractivity contribution in [2.75, 3.05) is 13.2 Å². The maximum Gasteiger partial charge on any atom is 0.319 e. The Labute approximate surface area is 98.9 Å². The molecule has 0 bridgehead atoms. The maximum absolute atomic E-state index is 11.2. The second-order valence-corrected chi connectivity index (χ2v) is 5.80. The fourth-order valence-corrected chi connectivity index (χ4v) is 2.94. The Morgan fingerprint density at radius 3 is 2.69 bits per heavy atom. The molecule has 94 valence electrons. The third kappa shape index (κ3) is 4.52. The molecule has 1 rings (SSSR count). The van der Waals surface area contributed by atoms with Gasteiger partial charge in [-0.3, -0.25) is 4.79 Å². The number of nitrogens with one attached hydrogen (secondary N) is 1. The van der Waals surface area contributed by atoms with Crippen LogP contribution in [0.1, 0.15) is 47.0 Å². The minimum Gasteiger partial charge on any atom is -0.465 e. The van der Waals surface area contributed by atoms with E-state index < -0.39 is 0 Å². The third-order valence-corrected chi connectivity index (χ3v) is 3.23. The van der Waals surface area contributed by atoms with Gasteiger partial charge in [0, 0.05) is 6.04 Å². The first-order valence-electron chi connectivity index (χ1n) is 6.32. The largest absolute Gasteiger partial charge is 0.465 e. The zero-order valence-electron chi connectivity index (χ0n) is 11.0. The van der Waals surface area contributed by atoms with Crippen LogP contribution in [0.5, 0.6) is 0 Å². The van der Waals surface area contributed by atoms with E-state index >= 15 is 0 Å². The first-order chi connectivity index (χ1) is 7.43. The van der Waals surface area contributed by atoms with Gasteiger partial charge in [-0.15, -0.1) is 0 Å². The zero-order valence-corrected chi connectivity index (χ0v) is 11.0. The van der Waals surface area contributed by atoms with Crippen molar-refractivity contribution in [1.29, 1.82) is 0 Å². The molecule has 0 amide bonds. The van der Waals surface area contributed by atoms with Gasteiger partial charge in [-0.1, -0.05) is 20.8 Å². The highest BCUT2D eigenvalue weighted by Gasteiger charge is 2.31. The van der Waals surface area contributed by atoms with Crippen molar-refractivity contribution in [3.8, 4) is 0 Å². The molecule has 1 N–H and O–H groups in total. The molecule has 1 aliphatic rings. The molecule has 1 aliphatic carbocycles. The number of ether oxygens (including phenoxy) is 1. The lowest BCUT2D eigenvalue weighted by Gasteiger charge is -2.39. The second kappa shape index (κ2) is 5.67. The van der Waals surface area contributed by atoms with Crippen LogP contribution in [0.3, 0.4) is 0 Å². The Bertz CT molecular complexity index is 238. The topological polar surface area (TPSA) is 38.3 Å². The SMILES string of the molecule is CCOC(=O)CNC1CC(C)CC(C)(C)C1.